The first-order valence-corrected chi connectivity index (χ1v) is 5.33. The molecule has 0 aliphatic carbocycles. The Balaban J connectivity index is 2.91. The molecule has 0 atom stereocenters. The lowest BCUT2D eigenvalue weighted by molar-refractivity contribution is 1.12. The van der Waals surface area contributed by atoms with Crippen LogP contribution < -0.4 is 0 Å². The van der Waals surface area contributed by atoms with Crippen molar-refractivity contribution in [1.29, 1.82) is 5.26 Å². The van der Waals surface area contributed by atoms with Crippen molar-refractivity contribution in [3.8, 4) is 6.07 Å². The Labute approximate surface area is 88.7 Å². The summed E-state index contributed by atoms with van der Waals surface area (Å²) < 4.78 is 0.236. The molecule has 3 heteroatoms. The minimum Gasteiger partial charge on any atom is -0.192 e. The normalized spacial score (nSPS) is 9.83. The third-order valence-corrected chi connectivity index (χ3v) is 2.16. The van der Waals surface area contributed by atoms with Gasteiger partial charge in [0.05, 0.1) is 15.4 Å². The van der Waals surface area contributed by atoms with Crippen molar-refractivity contribution in [2.24, 2.45) is 0 Å². The summed E-state index contributed by atoms with van der Waals surface area (Å²) in [6.07, 6.45) is 0.823. The van der Waals surface area contributed by atoms with E-state index in [1.54, 1.807) is 0 Å². The number of hydrogen-bond acceptors (Lipinski definition) is 1. The van der Waals surface area contributed by atoms with Gasteiger partial charge >= 0.3 is 0 Å². The predicted octanol–water partition coefficient (Wildman–Crippen LogP) is 3.22. The summed E-state index contributed by atoms with van der Waals surface area (Å²) in [6.45, 7) is 0. The van der Waals surface area contributed by atoms with E-state index in [0.29, 0.717) is 0 Å². The molecule has 0 N–H and O–H groups in total. The van der Waals surface area contributed by atoms with Gasteiger partial charge in [-0.3, -0.25) is 0 Å². The van der Waals surface area contributed by atoms with Crippen LogP contribution in [0.4, 0.5) is 0 Å². The van der Waals surface area contributed by atoms with Crippen molar-refractivity contribution >= 4 is 31.9 Å². The lowest BCUT2D eigenvalue weighted by atomic mass is 10.1. The van der Waals surface area contributed by atoms with Crippen molar-refractivity contribution < 1.29 is 0 Å². The molecule has 1 nitrogen and oxygen atoms in total. The fourth-order valence-electron chi connectivity index (χ4n) is 0.974. The van der Waals surface area contributed by atoms with Crippen LogP contribution in [-0.4, -0.2) is 3.74 Å². The van der Waals surface area contributed by atoms with E-state index in [9.17, 15) is 0 Å². The van der Waals surface area contributed by atoms with Gasteiger partial charge in [0, 0.05) is 0 Å². The number of rotatable bonds is 2. The van der Waals surface area contributed by atoms with E-state index in [-0.39, 0.29) is 3.74 Å². The quantitative estimate of drug-likeness (QED) is 0.767. The molecule has 0 aromatic heterocycles. The standard InChI is InChI=1S/C9H7Br2N/c10-9(11)5-7-3-1-2-4-8(7)6-12/h1-4,9H,5H2. The van der Waals surface area contributed by atoms with Gasteiger partial charge in [-0.1, -0.05) is 50.1 Å². The summed E-state index contributed by atoms with van der Waals surface area (Å²) >= 11 is 6.76. The highest BCUT2D eigenvalue weighted by atomic mass is 79.9. The smallest absolute Gasteiger partial charge is 0.0994 e. The molecule has 0 bridgehead atoms. The van der Waals surface area contributed by atoms with Crippen molar-refractivity contribution in [2.45, 2.75) is 10.2 Å². The van der Waals surface area contributed by atoms with Gasteiger partial charge < -0.3 is 0 Å². The van der Waals surface area contributed by atoms with Gasteiger partial charge in [-0.05, 0) is 18.1 Å². The summed E-state index contributed by atoms with van der Waals surface area (Å²) in [5, 5.41) is 8.75. The second-order valence-corrected chi connectivity index (χ2v) is 5.80. The highest BCUT2D eigenvalue weighted by Crippen LogP contribution is 2.17. The number of alkyl halides is 2. The third kappa shape index (κ3) is 2.62. The molecule has 0 amide bonds. The summed E-state index contributed by atoms with van der Waals surface area (Å²) in [7, 11) is 0. The third-order valence-electron chi connectivity index (χ3n) is 1.51. The molecule has 0 fully saturated rings. The Bertz CT molecular complexity index is 302. The first kappa shape index (κ1) is 9.76. The predicted molar refractivity (Wildman–Crippen MR) is 56.5 cm³/mol. The largest absolute Gasteiger partial charge is 0.192 e. The Hall–Kier alpha value is -0.330. The molecule has 62 valence electrons. The highest BCUT2D eigenvalue weighted by Gasteiger charge is 2.04. The molecule has 1 aromatic carbocycles. The van der Waals surface area contributed by atoms with Crippen LogP contribution in [0, 0.1) is 11.3 Å². The van der Waals surface area contributed by atoms with Crippen LogP contribution in [0.15, 0.2) is 24.3 Å². The summed E-state index contributed by atoms with van der Waals surface area (Å²) in [4.78, 5) is 0. The summed E-state index contributed by atoms with van der Waals surface area (Å²) in [5.41, 5.74) is 1.82. The van der Waals surface area contributed by atoms with Crippen LogP contribution in [0.2, 0.25) is 0 Å². The highest BCUT2D eigenvalue weighted by molar-refractivity contribution is 9.24. The van der Waals surface area contributed by atoms with Gasteiger partial charge in [0.1, 0.15) is 0 Å². The topological polar surface area (TPSA) is 23.8 Å². The molecule has 0 unspecified atom stereocenters. The van der Waals surface area contributed by atoms with Crippen LogP contribution in [0.1, 0.15) is 11.1 Å². The molecule has 0 heterocycles. The van der Waals surface area contributed by atoms with Gasteiger partial charge in [-0.25, -0.2) is 0 Å². The van der Waals surface area contributed by atoms with Crippen molar-refractivity contribution in [1.82, 2.24) is 0 Å². The van der Waals surface area contributed by atoms with E-state index in [0.717, 1.165) is 17.5 Å². The van der Waals surface area contributed by atoms with Crippen molar-refractivity contribution in [3.63, 3.8) is 0 Å². The first-order chi connectivity index (χ1) is 5.74. The van der Waals surface area contributed by atoms with Gasteiger partial charge in [0.25, 0.3) is 0 Å². The Kier molecular flexibility index (Phi) is 3.77. The van der Waals surface area contributed by atoms with Crippen molar-refractivity contribution in [2.75, 3.05) is 0 Å². The Morgan fingerprint density at radius 3 is 2.58 bits per heavy atom. The maximum atomic E-state index is 8.75. The van der Waals surface area contributed by atoms with E-state index in [2.05, 4.69) is 37.9 Å². The Morgan fingerprint density at radius 1 is 1.33 bits per heavy atom. The second-order valence-electron chi connectivity index (χ2n) is 2.36. The molecule has 0 aliphatic rings. The lowest BCUT2D eigenvalue weighted by Gasteiger charge is -2.03. The van der Waals surface area contributed by atoms with Crippen LogP contribution in [0.25, 0.3) is 0 Å². The fourth-order valence-corrected chi connectivity index (χ4v) is 1.67. The zero-order valence-electron chi connectivity index (χ0n) is 6.30. The van der Waals surface area contributed by atoms with E-state index in [1.807, 2.05) is 24.3 Å². The fraction of sp³-hybridized carbons (Fsp3) is 0.222. The molecular formula is C9H7Br2N. The molecular weight excluding hydrogens is 282 g/mol. The van der Waals surface area contributed by atoms with Gasteiger partial charge in [0.15, 0.2) is 0 Å². The Morgan fingerprint density at radius 2 is 2.00 bits per heavy atom. The monoisotopic (exact) mass is 287 g/mol. The summed E-state index contributed by atoms with van der Waals surface area (Å²) in [6, 6.07) is 9.77. The van der Waals surface area contributed by atoms with Crippen LogP contribution >= 0.6 is 31.9 Å². The van der Waals surface area contributed by atoms with E-state index < -0.39 is 0 Å². The SMILES string of the molecule is N#Cc1ccccc1CC(Br)Br. The molecule has 0 saturated carbocycles. The number of halogens is 2. The zero-order valence-corrected chi connectivity index (χ0v) is 9.47. The van der Waals surface area contributed by atoms with Crippen molar-refractivity contribution in [3.05, 3.63) is 35.4 Å². The number of nitriles is 1. The van der Waals surface area contributed by atoms with Crippen LogP contribution in [0.3, 0.4) is 0 Å². The average Bonchev–Trinajstić information content (AvgIpc) is 2.04. The maximum Gasteiger partial charge on any atom is 0.0994 e. The molecule has 1 aromatic rings. The molecule has 0 aliphatic heterocycles. The number of hydrogen-bond donors (Lipinski definition) is 0. The number of nitrogens with zero attached hydrogens (tertiary/aromatic N) is 1. The van der Waals surface area contributed by atoms with E-state index >= 15 is 0 Å². The van der Waals surface area contributed by atoms with Gasteiger partial charge in [0.2, 0.25) is 0 Å². The zero-order chi connectivity index (χ0) is 8.97. The molecule has 0 radical (unpaired) electrons. The molecule has 0 spiro atoms. The van der Waals surface area contributed by atoms with Gasteiger partial charge in [-0.2, -0.15) is 5.26 Å². The first-order valence-electron chi connectivity index (χ1n) is 3.50. The summed E-state index contributed by atoms with van der Waals surface area (Å²) in [5.74, 6) is 0. The average molecular weight is 289 g/mol. The minimum absolute atomic E-state index is 0.236. The number of benzene rings is 1. The minimum atomic E-state index is 0.236. The maximum absolute atomic E-state index is 8.75. The molecule has 0 saturated heterocycles. The van der Waals surface area contributed by atoms with E-state index in [4.69, 9.17) is 5.26 Å². The molecule has 1 rings (SSSR count). The second kappa shape index (κ2) is 4.64. The van der Waals surface area contributed by atoms with E-state index in [1.165, 1.54) is 0 Å². The van der Waals surface area contributed by atoms with Crippen LogP contribution in [0.5, 0.6) is 0 Å². The van der Waals surface area contributed by atoms with Gasteiger partial charge in [-0.15, -0.1) is 0 Å². The van der Waals surface area contributed by atoms with Crippen LogP contribution in [-0.2, 0) is 6.42 Å². The lowest BCUT2D eigenvalue weighted by Crippen LogP contribution is -1.95. The molecule has 12 heavy (non-hydrogen) atoms.